The minimum Gasteiger partial charge on any atom is -0.376 e. The zero-order chi connectivity index (χ0) is 21.0. The second-order valence-electron chi connectivity index (χ2n) is 6.83. The van der Waals surface area contributed by atoms with Crippen molar-refractivity contribution in [3.05, 3.63) is 50.5 Å². The number of rotatable bonds is 7. The van der Waals surface area contributed by atoms with Gasteiger partial charge < -0.3 is 15.0 Å². The molecule has 0 radical (unpaired) electrons. The van der Waals surface area contributed by atoms with E-state index in [2.05, 4.69) is 10.3 Å². The van der Waals surface area contributed by atoms with E-state index in [1.165, 1.54) is 40.5 Å². The first kappa shape index (κ1) is 20.9. The lowest BCUT2D eigenvalue weighted by Gasteiger charge is -2.25. The van der Waals surface area contributed by atoms with Gasteiger partial charge in [-0.15, -0.1) is 11.3 Å². The van der Waals surface area contributed by atoms with Crippen molar-refractivity contribution in [2.75, 3.05) is 25.0 Å². The molecular weight excluding hydrogens is 396 g/mol. The summed E-state index contributed by atoms with van der Waals surface area (Å²) in [5.74, 6) is -0.732. The normalized spacial score (nSPS) is 15.9. The molecule has 1 fully saturated rings. The van der Waals surface area contributed by atoms with Crippen LogP contribution in [0, 0.1) is 24.0 Å². The van der Waals surface area contributed by atoms with Crippen molar-refractivity contribution >= 4 is 34.0 Å². The Balaban J connectivity index is 1.73. The maximum absolute atomic E-state index is 13.0. The molecule has 1 aliphatic heterocycles. The fraction of sp³-hybridized carbons (Fsp3) is 0.421. The van der Waals surface area contributed by atoms with Crippen molar-refractivity contribution in [2.45, 2.75) is 32.8 Å². The number of nitro benzene ring substituents is 1. The van der Waals surface area contributed by atoms with Gasteiger partial charge in [0.1, 0.15) is 6.54 Å². The first-order chi connectivity index (χ1) is 13.8. The van der Waals surface area contributed by atoms with E-state index in [4.69, 9.17) is 4.74 Å². The van der Waals surface area contributed by atoms with Gasteiger partial charge in [0.15, 0.2) is 5.13 Å². The lowest BCUT2D eigenvalue weighted by atomic mass is 10.1. The van der Waals surface area contributed by atoms with E-state index in [0.717, 1.165) is 23.4 Å². The van der Waals surface area contributed by atoms with Gasteiger partial charge in [-0.2, -0.15) is 0 Å². The molecule has 154 valence electrons. The highest BCUT2D eigenvalue weighted by molar-refractivity contribution is 7.15. The van der Waals surface area contributed by atoms with Crippen LogP contribution in [-0.2, 0) is 9.53 Å². The van der Waals surface area contributed by atoms with Crippen LogP contribution in [0.5, 0.6) is 0 Å². The molecule has 3 rings (SSSR count). The molecule has 2 heterocycles. The molecule has 1 saturated heterocycles. The number of thiazole rings is 1. The van der Waals surface area contributed by atoms with E-state index in [1.807, 2.05) is 13.8 Å². The van der Waals surface area contributed by atoms with Crippen LogP contribution in [0.4, 0.5) is 10.8 Å². The van der Waals surface area contributed by atoms with Crippen molar-refractivity contribution < 1.29 is 19.2 Å². The molecular formula is C19H22N4O5S. The van der Waals surface area contributed by atoms with E-state index < -0.39 is 4.92 Å². The molecule has 1 atom stereocenters. The average molecular weight is 418 g/mol. The maximum Gasteiger partial charge on any atom is 0.269 e. The molecule has 1 aliphatic rings. The second kappa shape index (κ2) is 9.10. The second-order valence-corrected chi connectivity index (χ2v) is 8.04. The zero-order valence-electron chi connectivity index (χ0n) is 16.2. The topological polar surface area (TPSA) is 115 Å². The van der Waals surface area contributed by atoms with Gasteiger partial charge in [0.25, 0.3) is 11.6 Å². The fourth-order valence-corrected chi connectivity index (χ4v) is 3.85. The van der Waals surface area contributed by atoms with Crippen LogP contribution in [0.15, 0.2) is 24.3 Å². The number of carbonyl (C=O) groups is 2. The molecule has 0 aliphatic carbocycles. The summed E-state index contributed by atoms with van der Waals surface area (Å²) in [5.41, 5.74) is 1.03. The Hall–Kier alpha value is -2.85. The van der Waals surface area contributed by atoms with Gasteiger partial charge in [-0.25, -0.2) is 4.98 Å². The molecule has 1 aromatic carbocycles. The summed E-state index contributed by atoms with van der Waals surface area (Å²) in [6.07, 6.45) is 1.60. The molecule has 10 heteroatoms. The minimum absolute atomic E-state index is 0.0977. The predicted molar refractivity (Wildman–Crippen MR) is 108 cm³/mol. The van der Waals surface area contributed by atoms with Crippen LogP contribution >= 0.6 is 11.3 Å². The summed E-state index contributed by atoms with van der Waals surface area (Å²) < 4.78 is 5.61. The highest BCUT2D eigenvalue weighted by Crippen LogP contribution is 2.21. The van der Waals surface area contributed by atoms with E-state index in [9.17, 15) is 19.7 Å². The van der Waals surface area contributed by atoms with Crippen LogP contribution in [0.3, 0.4) is 0 Å². The Morgan fingerprint density at radius 1 is 1.34 bits per heavy atom. The van der Waals surface area contributed by atoms with Crippen LogP contribution < -0.4 is 5.32 Å². The summed E-state index contributed by atoms with van der Waals surface area (Å²) in [6.45, 7) is 4.54. The lowest BCUT2D eigenvalue weighted by Crippen LogP contribution is -2.42. The van der Waals surface area contributed by atoms with Gasteiger partial charge in [-0.1, -0.05) is 0 Å². The van der Waals surface area contributed by atoms with Crippen molar-refractivity contribution in [3.8, 4) is 0 Å². The molecule has 9 nitrogen and oxygen atoms in total. The predicted octanol–water partition coefficient (Wildman–Crippen LogP) is 2.93. The van der Waals surface area contributed by atoms with E-state index >= 15 is 0 Å². The summed E-state index contributed by atoms with van der Waals surface area (Å²) in [5, 5.41) is 14.1. The number of hydrogen-bond donors (Lipinski definition) is 1. The molecule has 1 N–H and O–H groups in total. The fourth-order valence-electron chi connectivity index (χ4n) is 3.02. The number of nitrogens with zero attached hydrogens (tertiary/aromatic N) is 3. The Morgan fingerprint density at radius 2 is 2.07 bits per heavy atom. The molecule has 0 spiro atoms. The third-order valence-electron chi connectivity index (χ3n) is 4.67. The van der Waals surface area contributed by atoms with Crippen molar-refractivity contribution in [3.63, 3.8) is 0 Å². The van der Waals surface area contributed by atoms with Gasteiger partial charge in [0.2, 0.25) is 5.91 Å². The monoisotopic (exact) mass is 418 g/mol. The summed E-state index contributed by atoms with van der Waals surface area (Å²) in [7, 11) is 0. The Morgan fingerprint density at radius 3 is 2.62 bits per heavy atom. The SMILES string of the molecule is Cc1nc(NC(=O)CN(C[C@@H]2CCCO2)C(=O)c2ccc([N+](=O)[O-])cc2)sc1C. The number of nitrogens with one attached hydrogen (secondary N) is 1. The Kier molecular flexibility index (Phi) is 6.55. The highest BCUT2D eigenvalue weighted by atomic mass is 32.1. The summed E-state index contributed by atoms with van der Waals surface area (Å²) in [4.78, 5) is 42.5. The number of carbonyl (C=O) groups excluding carboxylic acids is 2. The third-order valence-corrected chi connectivity index (χ3v) is 5.66. The number of benzene rings is 1. The van der Waals surface area contributed by atoms with Gasteiger partial charge in [-0.05, 0) is 38.8 Å². The number of ether oxygens (including phenoxy) is 1. The summed E-state index contributed by atoms with van der Waals surface area (Å²) in [6, 6.07) is 5.35. The third kappa shape index (κ3) is 5.36. The Labute approximate surface area is 171 Å². The van der Waals surface area contributed by atoms with Gasteiger partial charge >= 0.3 is 0 Å². The molecule has 2 aromatic rings. The first-order valence-electron chi connectivity index (χ1n) is 9.22. The van der Waals surface area contributed by atoms with Crippen molar-refractivity contribution in [1.82, 2.24) is 9.88 Å². The molecule has 0 saturated carbocycles. The number of aryl methyl sites for hydroxylation is 2. The molecule has 0 bridgehead atoms. The number of aromatic nitrogens is 1. The van der Waals surface area contributed by atoms with Crippen LogP contribution in [0.1, 0.15) is 33.8 Å². The number of hydrogen-bond acceptors (Lipinski definition) is 7. The first-order valence-corrected chi connectivity index (χ1v) is 10.0. The average Bonchev–Trinajstić information content (AvgIpc) is 3.30. The largest absolute Gasteiger partial charge is 0.376 e. The number of nitro groups is 1. The molecule has 1 aromatic heterocycles. The van der Waals surface area contributed by atoms with Gasteiger partial charge in [0, 0.05) is 35.7 Å². The molecule has 2 amide bonds. The molecule has 29 heavy (non-hydrogen) atoms. The van der Waals surface area contributed by atoms with Crippen molar-refractivity contribution in [2.24, 2.45) is 0 Å². The maximum atomic E-state index is 13.0. The highest BCUT2D eigenvalue weighted by Gasteiger charge is 2.26. The van der Waals surface area contributed by atoms with Crippen LogP contribution in [0.2, 0.25) is 0 Å². The lowest BCUT2D eigenvalue weighted by molar-refractivity contribution is -0.384. The standard InChI is InChI=1S/C19H22N4O5S/c1-12-13(2)29-19(20-12)21-17(24)11-22(10-16-4-3-9-28-16)18(25)14-5-7-15(8-6-14)23(26)27/h5-8,16H,3-4,9-11H2,1-2H3,(H,20,21,24)/t16-/m0/s1. The number of non-ortho nitro benzene ring substituents is 1. The number of amides is 2. The minimum atomic E-state index is -0.524. The zero-order valence-corrected chi connectivity index (χ0v) is 17.0. The van der Waals surface area contributed by atoms with Gasteiger partial charge in [-0.3, -0.25) is 19.7 Å². The number of anilines is 1. The molecule has 0 unspecified atom stereocenters. The quantitative estimate of drug-likeness (QED) is 0.546. The summed E-state index contributed by atoms with van der Waals surface area (Å²) >= 11 is 1.38. The van der Waals surface area contributed by atoms with E-state index in [-0.39, 0.29) is 42.3 Å². The van der Waals surface area contributed by atoms with E-state index in [1.54, 1.807) is 0 Å². The Bertz CT molecular complexity index is 886. The van der Waals surface area contributed by atoms with Crippen LogP contribution in [-0.4, -0.2) is 52.4 Å². The smallest absolute Gasteiger partial charge is 0.269 e. The van der Waals surface area contributed by atoms with Crippen LogP contribution in [0.25, 0.3) is 0 Å². The van der Waals surface area contributed by atoms with Gasteiger partial charge in [0.05, 0.1) is 16.7 Å². The van der Waals surface area contributed by atoms with Crippen molar-refractivity contribution in [1.29, 1.82) is 0 Å². The van der Waals surface area contributed by atoms with E-state index in [0.29, 0.717) is 11.7 Å².